The summed E-state index contributed by atoms with van der Waals surface area (Å²) >= 11 is 0. The molecule has 3 N–H and O–H groups in total. The van der Waals surface area contributed by atoms with Crippen LogP contribution in [0.4, 0.5) is 0 Å². The highest BCUT2D eigenvalue weighted by atomic mass is 16.3. The normalized spacial score (nSPS) is 65.5. The van der Waals surface area contributed by atoms with Gasteiger partial charge in [0.25, 0.3) is 0 Å². The Labute approximate surface area is 156 Å². The Morgan fingerprint density at radius 3 is 2.69 bits per heavy atom. The molecule has 1 saturated heterocycles. The Morgan fingerprint density at radius 2 is 1.96 bits per heavy atom. The van der Waals surface area contributed by atoms with Crippen LogP contribution in [0.15, 0.2) is 12.2 Å². The first-order chi connectivity index (χ1) is 12.3. The number of rotatable bonds is 1. The molecular formula is C22H33NO3. The number of aliphatic hydroxyl groups excluding tert-OH is 3. The molecule has 5 saturated carbocycles. The number of hydrogen-bond donors (Lipinski definition) is 3. The first kappa shape index (κ1) is 16.5. The first-order valence-corrected chi connectivity index (χ1v) is 10.8. The Hall–Kier alpha value is -0.420. The fraction of sp³-hybridized carbons (Fsp3) is 0.909. The largest absolute Gasteiger partial charge is 0.392 e. The maximum atomic E-state index is 11.5. The lowest BCUT2D eigenvalue weighted by atomic mass is 9.43. The summed E-state index contributed by atoms with van der Waals surface area (Å²) < 4.78 is 0. The van der Waals surface area contributed by atoms with Gasteiger partial charge in [0.05, 0.1) is 18.3 Å². The molecule has 0 radical (unpaired) electrons. The van der Waals surface area contributed by atoms with E-state index in [1.807, 2.05) is 0 Å². The van der Waals surface area contributed by atoms with Gasteiger partial charge in [-0.05, 0) is 67.4 Å². The topological polar surface area (TPSA) is 63.9 Å². The van der Waals surface area contributed by atoms with Gasteiger partial charge in [-0.25, -0.2) is 0 Å². The summed E-state index contributed by atoms with van der Waals surface area (Å²) in [5.74, 6) is 1.26. The van der Waals surface area contributed by atoms with Crippen LogP contribution in [0.25, 0.3) is 0 Å². The predicted molar refractivity (Wildman–Crippen MR) is 98.2 cm³/mol. The van der Waals surface area contributed by atoms with Crippen molar-refractivity contribution in [1.29, 1.82) is 0 Å². The molecule has 4 heteroatoms. The van der Waals surface area contributed by atoms with Crippen LogP contribution in [0.5, 0.6) is 0 Å². The van der Waals surface area contributed by atoms with Crippen LogP contribution >= 0.6 is 0 Å². The van der Waals surface area contributed by atoms with E-state index >= 15 is 0 Å². The third kappa shape index (κ3) is 1.37. The van der Waals surface area contributed by atoms with Crippen molar-refractivity contribution in [3.05, 3.63) is 12.2 Å². The first-order valence-electron chi connectivity index (χ1n) is 10.8. The van der Waals surface area contributed by atoms with Crippen molar-refractivity contribution in [3.63, 3.8) is 0 Å². The molecule has 0 aromatic rings. The summed E-state index contributed by atoms with van der Waals surface area (Å²) in [7, 11) is 0. The molecule has 6 fully saturated rings. The highest BCUT2D eigenvalue weighted by molar-refractivity contribution is 5.39. The van der Waals surface area contributed by atoms with Gasteiger partial charge in [0.2, 0.25) is 0 Å². The molecule has 1 aliphatic heterocycles. The summed E-state index contributed by atoms with van der Waals surface area (Å²) in [6.45, 7) is 11.1. The molecule has 7 bridgehead atoms. The molecule has 144 valence electrons. The molecular weight excluding hydrogens is 326 g/mol. The second-order valence-corrected chi connectivity index (χ2v) is 10.9. The van der Waals surface area contributed by atoms with E-state index < -0.39 is 12.2 Å². The van der Waals surface area contributed by atoms with Gasteiger partial charge in [-0.2, -0.15) is 0 Å². The number of likely N-dealkylation sites (tertiary alicyclic amines) is 1. The van der Waals surface area contributed by atoms with Crippen molar-refractivity contribution in [1.82, 2.24) is 4.90 Å². The Bertz CT molecular complexity index is 695. The Balaban J connectivity index is 1.61. The highest BCUT2D eigenvalue weighted by Crippen LogP contribution is 2.83. The van der Waals surface area contributed by atoms with E-state index in [0.29, 0.717) is 17.9 Å². The predicted octanol–water partition coefficient (Wildman–Crippen LogP) is 1.79. The van der Waals surface area contributed by atoms with Crippen molar-refractivity contribution in [2.45, 2.75) is 70.3 Å². The summed E-state index contributed by atoms with van der Waals surface area (Å²) in [6, 6.07) is 0.373. The molecule has 5 aliphatic carbocycles. The minimum Gasteiger partial charge on any atom is -0.392 e. The zero-order valence-corrected chi connectivity index (χ0v) is 16.1. The van der Waals surface area contributed by atoms with Gasteiger partial charge in [0.15, 0.2) is 0 Å². The van der Waals surface area contributed by atoms with Crippen molar-refractivity contribution >= 4 is 0 Å². The fourth-order valence-corrected chi connectivity index (χ4v) is 9.97. The van der Waals surface area contributed by atoms with Crippen molar-refractivity contribution in [2.24, 2.45) is 39.9 Å². The lowest BCUT2D eigenvalue weighted by molar-refractivity contribution is -0.218. The van der Waals surface area contributed by atoms with Crippen molar-refractivity contribution in [3.8, 4) is 0 Å². The number of piperidine rings is 1. The molecule has 6 aliphatic rings. The van der Waals surface area contributed by atoms with E-state index in [1.54, 1.807) is 0 Å². The molecule has 4 nitrogen and oxygen atoms in total. The van der Waals surface area contributed by atoms with Gasteiger partial charge in [-0.1, -0.05) is 20.4 Å². The van der Waals surface area contributed by atoms with Crippen LogP contribution in [-0.4, -0.2) is 57.7 Å². The minimum absolute atomic E-state index is 0.0547. The summed E-state index contributed by atoms with van der Waals surface area (Å²) in [4.78, 5) is 2.65. The van der Waals surface area contributed by atoms with Crippen LogP contribution in [0.3, 0.4) is 0 Å². The number of hydrogen-bond acceptors (Lipinski definition) is 4. The van der Waals surface area contributed by atoms with E-state index in [1.165, 1.54) is 0 Å². The molecule has 11 atom stereocenters. The third-order valence-electron chi connectivity index (χ3n) is 10.6. The second kappa shape index (κ2) is 4.59. The van der Waals surface area contributed by atoms with Gasteiger partial charge in [0, 0.05) is 29.3 Å². The zero-order chi connectivity index (χ0) is 18.2. The molecule has 1 heterocycles. The lowest BCUT2D eigenvalue weighted by Gasteiger charge is -2.65. The molecule has 2 spiro atoms. The Kier molecular flexibility index (Phi) is 2.92. The van der Waals surface area contributed by atoms with Gasteiger partial charge in [-0.15, -0.1) is 0 Å². The molecule has 2 unspecified atom stereocenters. The Morgan fingerprint density at radius 1 is 1.19 bits per heavy atom. The summed E-state index contributed by atoms with van der Waals surface area (Å²) in [5, 5.41) is 33.8. The maximum absolute atomic E-state index is 11.5. The van der Waals surface area contributed by atoms with Crippen LogP contribution in [0.1, 0.15) is 46.0 Å². The summed E-state index contributed by atoms with van der Waals surface area (Å²) in [6.07, 6.45) is 3.58. The van der Waals surface area contributed by atoms with Gasteiger partial charge >= 0.3 is 0 Å². The smallest absolute Gasteiger partial charge is 0.0813 e. The average Bonchev–Trinajstić information content (AvgIpc) is 3.14. The van der Waals surface area contributed by atoms with Crippen LogP contribution < -0.4 is 0 Å². The fourth-order valence-electron chi connectivity index (χ4n) is 9.97. The highest BCUT2D eigenvalue weighted by Gasteiger charge is 2.85. The number of nitrogens with zero attached hydrogens (tertiary/aromatic N) is 1. The molecule has 0 aromatic carbocycles. The van der Waals surface area contributed by atoms with Crippen LogP contribution in [0, 0.1) is 39.9 Å². The van der Waals surface area contributed by atoms with E-state index in [4.69, 9.17) is 0 Å². The average molecular weight is 360 g/mol. The van der Waals surface area contributed by atoms with Crippen molar-refractivity contribution < 1.29 is 15.3 Å². The monoisotopic (exact) mass is 359 g/mol. The maximum Gasteiger partial charge on any atom is 0.0813 e. The quantitative estimate of drug-likeness (QED) is 0.625. The van der Waals surface area contributed by atoms with E-state index in [-0.39, 0.29) is 34.2 Å². The number of aliphatic hydroxyl groups is 3. The van der Waals surface area contributed by atoms with Gasteiger partial charge in [0.1, 0.15) is 0 Å². The molecule has 0 amide bonds. The second-order valence-electron chi connectivity index (χ2n) is 10.9. The molecule has 6 rings (SSSR count). The minimum atomic E-state index is -0.500. The SMILES string of the molecule is C=C1[C@H]2C[C@@]3(C4C[C@H]5C6([C@@H](O)CC[C@@]5(C)CN(CC)[C@H]46)[C@@H]3C[C@@H]2O)[C@@H]1O. The third-order valence-corrected chi connectivity index (χ3v) is 10.6. The standard InChI is InChI=1S/C22H33NO3/c1-4-23-10-20(3)6-5-17(25)22-15(20)7-13(18(22)23)21-9-12(11(2)19(21)26)14(24)8-16(21)22/h12-19,24-26H,2,4-10H2,1,3H3/t12-,13?,14+,15-,16-,17+,18-,19-,20+,21+,22?/m1/s1. The van der Waals surface area contributed by atoms with Crippen molar-refractivity contribution in [2.75, 3.05) is 13.1 Å². The molecule has 0 aromatic heterocycles. The van der Waals surface area contributed by atoms with Gasteiger partial charge < -0.3 is 15.3 Å². The van der Waals surface area contributed by atoms with E-state index in [0.717, 1.165) is 50.8 Å². The van der Waals surface area contributed by atoms with Gasteiger partial charge in [-0.3, -0.25) is 4.90 Å². The van der Waals surface area contributed by atoms with E-state index in [9.17, 15) is 15.3 Å². The number of fused-ring (bicyclic) bond motifs is 1. The summed E-state index contributed by atoms with van der Waals surface area (Å²) in [5.41, 5.74) is 0.849. The van der Waals surface area contributed by atoms with Crippen LogP contribution in [-0.2, 0) is 0 Å². The molecule has 26 heavy (non-hydrogen) atoms. The van der Waals surface area contributed by atoms with Crippen LogP contribution in [0.2, 0.25) is 0 Å². The zero-order valence-electron chi connectivity index (χ0n) is 16.1. The lowest BCUT2D eigenvalue weighted by Crippen LogP contribution is -2.68. The van der Waals surface area contributed by atoms with E-state index in [2.05, 4.69) is 25.3 Å².